The molecule has 11 heteroatoms. The number of para-hydroxylation sites is 1. The van der Waals surface area contributed by atoms with Crippen LogP contribution in [0, 0.1) is 13.8 Å². The van der Waals surface area contributed by atoms with Crippen LogP contribution in [0.1, 0.15) is 32.6 Å². The topological polar surface area (TPSA) is 134 Å². The normalized spacial score (nSPS) is 12.6. The lowest BCUT2D eigenvalue weighted by molar-refractivity contribution is -0.137. The molecular weight excluding hydrogens is 708 g/mol. The van der Waals surface area contributed by atoms with Crippen LogP contribution in [0.15, 0.2) is 132 Å². The second-order valence-electron chi connectivity index (χ2n) is 13.2. The molecule has 0 aliphatic carbocycles. The number of primary amides is 1. The van der Waals surface area contributed by atoms with Gasteiger partial charge in [-0.3, -0.25) is 14.4 Å². The quantitative estimate of drug-likeness (QED) is 0.138. The first-order valence-corrected chi connectivity index (χ1v) is 18.8. The van der Waals surface area contributed by atoms with Crippen molar-refractivity contribution < 1.29 is 22.8 Å². The van der Waals surface area contributed by atoms with Gasteiger partial charge in [-0.05, 0) is 78.6 Å². The van der Waals surface area contributed by atoms with E-state index in [1.54, 1.807) is 18.3 Å². The molecule has 53 heavy (non-hydrogen) atoms. The van der Waals surface area contributed by atoms with Gasteiger partial charge >= 0.3 is 0 Å². The van der Waals surface area contributed by atoms with Crippen molar-refractivity contribution in [2.75, 3.05) is 7.05 Å². The summed E-state index contributed by atoms with van der Waals surface area (Å²) in [7, 11) is -3.29. The van der Waals surface area contributed by atoms with Gasteiger partial charge in [0.1, 0.15) is 12.1 Å². The minimum absolute atomic E-state index is 0.0633. The SMILES string of the molecule is Cc1cc(C)cc(C(=O)N(C)[C@@H](Cc2ccc(-c3ccccc3)cc2)C(=O)N([C@@H](Cc2c[nH]c3ccccc23)C(N)=O)S(=O)(=O)c2ccc(Cl)cc2)c1. The number of aryl methyl sites for hydroxylation is 2. The molecule has 0 unspecified atom stereocenters. The average molecular weight is 747 g/mol. The molecule has 0 saturated heterocycles. The number of nitrogens with two attached hydrogens (primary N) is 1. The number of nitrogens with one attached hydrogen (secondary N) is 1. The Hall–Kier alpha value is -5.71. The van der Waals surface area contributed by atoms with Crippen molar-refractivity contribution in [2.45, 2.75) is 43.7 Å². The van der Waals surface area contributed by atoms with E-state index in [2.05, 4.69) is 4.98 Å². The van der Waals surface area contributed by atoms with Crippen molar-refractivity contribution >= 4 is 50.2 Å². The van der Waals surface area contributed by atoms with E-state index in [9.17, 15) is 18.0 Å². The van der Waals surface area contributed by atoms with E-state index in [1.807, 2.05) is 98.8 Å². The molecule has 1 aromatic heterocycles. The molecule has 1 heterocycles. The van der Waals surface area contributed by atoms with Crippen molar-refractivity contribution in [1.29, 1.82) is 0 Å². The summed E-state index contributed by atoms with van der Waals surface area (Å²) in [4.78, 5) is 46.9. The number of sulfonamides is 1. The lowest BCUT2D eigenvalue weighted by atomic mass is 9.98. The van der Waals surface area contributed by atoms with Gasteiger partial charge in [-0.25, -0.2) is 12.7 Å². The standard InChI is InChI=1S/C42H39ClN4O5S/c1-27-21-28(2)23-32(22-27)41(49)46(3)39(24-29-13-15-31(16-14-29)30-9-5-4-6-10-30)42(50)47(53(51,52)35-19-17-34(43)18-20-35)38(40(44)48)25-33-26-45-37-12-8-7-11-36(33)37/h4-23,26,38-39,45H,24-25H2,1-3H3,(H2,44,48)/t38-,39-/m0/s1. The number of fused-ring (bicyclic) bond motifs is 1. The number of benzene rings is 5. The van der Waals surface area contributed by atoms with Gasteiger partial charge < -0.3 is 15.6 Å². The first-order valence-electron chi connectivity index (χ1n) is 17.0. The van der Waals surface area contributed by atoms with Gasteiger partial charge in [0.05, 0.1) is 4.90 Å². The van der Waals surface area contributed by atoms with E-state index < -0.39 is 39.8 Å². The maximum absolute atomic E-state index is 15.2. The monoisotopic (exact) mass is 746 g/mol. The van der Waals surface area contributed by atoms with Crippen LogP contribution in [-0.2, 0) is 32.5 Å². The van der Waals surface area contributed by atoms with Gasteiger partial charge in [0.25, 0.3) is 21.8 Å². The van der Waals surface area contributed by atoms with Crippen molar-refractivity contribution in [1.82, 2.24) is 14.2 Å². The van der Waals surface area contributed by atoms with E-state index in [1.165, 1.54) is 36.2 Å². The largest absolute Gasteiger partial charge is 0.368 e. The first-order chi connectivity index (χ1) is 25.3. The van der Waals surface area contributed by atoms with Crippen LogP contribution in [0.3, 0.4) is 0 Å². The molecule has 2 atom stereocenters. The Labute approximate surface area is 314 Å². The number of halogens is 1. The Balaban J connectivity index is 1.48. The number of aromatic nitrogens is 1. The smallest absolute Gasteiger partial charge is 0.267 e. The molecule has 0 saturated carbocycles. The Morgan fingerprint density at radius 3 is 2.00 bits per heavy atom. The Bertz CT molecular complexity index is 2370. The number of hydrogen-bond acceptors (Lipinski definition) is 5. The Morgan fingerprint density at radius 2 is 1.36 bits per heavy atom. The van der Waals surface area contributed by atoms with E-state index >= 15 is 4.79 Å². The maximum atomic E-state index is 15.2. The van der Waals surface area contributed by atoms with Crippen molar-refractivity contribution in [3.63, 3.8) is 0 Å². The third kappa shape index (κ3) is 8.04. The molecule has 0 fully saturated rings. The Kier molecular flexibility index (Phi) is 10.8. The second kappa shape index (κ2) is 15.5. The second-order valence-corrected chi connectivity index (χ2v) is 15.4. The van der Waals surface area contributed by atoms with Gasteiger partial charge in [-0.15, -0.1) is 0 Å². The molecule has 0 bridgehead atoms. The minimum atomic E-state index is -4.76. The summed E-state index contributed by atoms with van der Waals surface area (Å²) in [5.74, 6) is -2.52. The van der Waals surface area contributed by atoms with Gasteiger partial charge in [0.2, 0.25) is 5.91 Å². The van der Waals surface area contributed by atoms with Crippen LogP contribution in [0.25, 0.3) is 22.0 Å². The van der Waals surface area contributed by atoms with Gasteiger partial charge in [-0.2, -0.15) is 0 Å². The number of hydrogen-bond donors (Lipinski definition) is 2. The van der Waals surface area contributed by atoms with Gasteiger partial charge in [0.15, 0.2) is 0 Å². The first kappa shape index (κ1) is 37.1. The number of rotatable bonds is 12. The predicted molar refractivity (Wildman–Crippen MR) is 208 cm³/mol. The molecule has 270 valence electrons. The molecule has 0 aliphatic heterocycles. The number of likely N-dealkylation sites (N-methyl/N-ethyl adjacent to an activating group) is 1. The average Bonchev–Trinajstić information content (AvgIpc) is 3.55. The van der Waals surface area contributed by atoms with Gasteiger partial charge in [-0.1, -0.05) is 102 Å². The van der Waals surface area contributed by atoms with Crippen LogP contribution in [0.2, 0.25) is 5.02 Å². The molecule has 6 aromatic rings. The zero-order valence-electron chi connectivity index (χ0n) is 29.5. The van der Waals surface area contributed by atoms with E-state index in [0.29, 0.717) is 21.0 Å². The number of aromatic amines is 1. The van der Waals surface area contributed by atoms with Crippen molar-refractivity contribution in [2.24, 2.45) is 5.73 Å². The molecule has 0 radical (unpaired) electrons. The lowest BCUT2D eigenvalue weighted by Crippen LogP contribution is -2.58. The van der Waals surface area contributed by atoms with Gasteiger partial charge in [0, 0.05) is 47.6 Å². The molecule has 5 aromatic carbocycles. The van der Waals surface area contributed by atoms with Crippen LogP contribution >= 0.6 is 11.6 Å². The number of amides is 3. The molecule has 9 nitrogen and oxygen atoms in total. The van der Waals surface area contributed by atoms with E-state index in [-0.39, 0.29) is 22.8 Å². The fraction of sp³-hybridized carbons (Fsp3) is 0.167. The maximum Gasteiger partial charge on any atom is 0.267 e. The highest BCUT2D eigenvalue weighted by molar-refractivity contribution is 7.89. The third-order valence-corrected chi connectivity index (χ3v) is 11.4. The highest BCUT2D eigenvalue weighted by atomic mass is 35.5. The lowest BCUT2D eigenvalue weighted by Gasteiger charge is -2.35. The number of nitrogens with zero attached hydrogens (tertiary/aromatic N) is 2. The molecule has 3 amide bonds. The molecule has 0 spiro atoms. The summed E-state index contributed by atoms with van der Waals surface area (Å²) in [5, 5.41) is 1.02. The number of carbonyl (C=O) groups is 3. The summed E-state index contributed by atoms with van der Waals surface area (Å²) in [6.07, 6.45) is 1.39. The fourth-order valence-corrected chi connectivity index (χ4v) is 8.34. The number of carbonyl (C=O) groups excluding carboxylic acids is 3. The minimum Gasteiger partial charge on any atom is -0.368 e. The predicted octanol–water partition coefficient (Wildman–Crippen LogP) is 7.10. The summed E-state index contributed by atoms with van der Waals surface area (Å²) >= 11 is 6.12. The summed E-state index contributed by atoms with van der Waals surface area (Å²) in [6, 6.07) is 32.2. The highest BCUT2D eigenvalue weighted by Crippen LogP contribution is 2.29. The third-order valence-electron chi connectivity index (χ3n) is 9.32. The highest BCUT2D eigenvalue weighted by Gasteiger charge is 2.44. The van der Waals surface area contributed by atoms with E-state index in [0.717, 1.165) is 33.2 Å². The zero-order valence-corrected chi connectivity index (χ0v) is 31.1. The molecule has 0 aliphatic rings. The Morgan fingerprint density at radius 1 is 0.755 bits per heavy atom. The summed E-state index contributed by atoms with van der Waals surface area (Å²) in [6.45, 7) is 3.73. The van der Waals surface area contributed by atoms with Crippen molar-refractivity contribution in [3.05, 3.63) is 160 Å². The van der Waals surface area contributed by atoms with E-state index in [4.69, 9.17) is 17.3 Å². The summed E-state index contributed by atoms with van der Waals surface area (Å²) in [5.41, 5.74) is 12.0. The van der Waals surface area contributed by atoms with Crippen LogP contribution in [-0.4, -0.2) is 59.5 Å². The fourth-order valence-electron chi connectivity index (χ4n) is 6.63. The van der Waals surface area contributed by atoms with Crippen molar-refractivity contribution in [3.8, 4) is 11.1 Å². The molecular formula is C42H39ClN4O5S. The number of H-pyrrole nitrogens is 1. The molecule has 3 N–H and O–H groups in total. The zero-order chi connectivity index (χ0) is 37.9. The van der Waals surface area contributed by atoms with Crippen LogP contribution in [0.4, 0.5) is 0 Å². The van der Waals surface area contributed by atoms with Crippen LogP contribution < -0.4 is 5.73 Å². The summed E-state index contributed by atoms with van der Waals surface area (Å²) < 4.78 is 29.9. The van der Waals surface area contributed by atoms with Crippen LogP contribution in [0.5, 0.6) is 0 Å². The molecule has 6 rings (SSSR count).